The molecule has 6 heteroatoms. The maximum absolute atomic E-state index is 9.38. The normalized spacial score (nSPS) is 24.3. The first kappa shape index (κ1) is 13.5. The van der Waals surface area contributed by atoms with Gasteiger partial charge in [0.25, 0.3) is 0 Å². The van der Waals surface area contributed by atoms with Crippen molar-refractivity contribution in [2.75, 3.05) is 25.1 Å². The van der Waals surface area contributed by atoms with Gasteiger partial charge in [-0.3, -0.25) is 0 Å². The van der Waals surface area contributed by atoms with Crippen molar-refractivity contribution < 1.29 is 9.84 Å². The molecule has 2 unspecified atom stereocenters. The maximum Gasteiger partial charge on any atom is 0.140 e. The molecule has 18 heavy (non-hydrogen) atoms. The predicted octanol–water partition coefficient (Wildman–Crippen LogP) is 1.48. The standard InChI is InChI=1S/C12H18ClN3O2/c1-8-3-4-16(5-10(8)18-2)12-9(6-17)11(13)14-7-15-12/h7-8,10,17H,3-6H2,1-2H3. The van der Waals surface area contributed by atoms with E-state index in [1.807, 2.05) is 0 Å². The first-order valence-electron chi connectivity index (χ1n) is 6.05. The van der Waals surface area contributed by atoms with E-state index in [1.165, 1.54) is 6.33 Å². The maximum atomic E-state index is 9.38. The fourth-order valence-corrected chi connectivity index (χ4v) is 2.51. The zero-order chi connectivity index (χ0) is 13.1. The third-order valence-electron chi connectivity index (χ3n) is 3.52. The predicted molar refractivity (Wildman–Crippen MR) is 69.8 cm³/mol. The minimum absolute atomic E-state index is 0.154. The molecule has 1 saturated heterocycles. The van der Waals surface area contributed by atoms with Crippen LogP contribution in [0.3, 0.4) is 0 Å². The van der Waals surface area contributed by atoms with E-state index in [0.29, 0.717) is 22.5 Å². The molecule has 2 heterocycles. The van der Waals surface area contributed by atoms with Crippen LogP contribution in [0.4, 0.5) is 5.82 Å². The van der Waals surface area contributed by atoms with Crippen LogP contribution >= 0.6 is 11.6 Å². The Hall–Kier alpha value is -0.910. The average Bonchev–Trinajstić information content (AvgIpc) is 2.39. The van der Waals surface area contributed by atoms with Crippen molar-refractivity contribution in [1.29, 1.82) is 0 Å². The van der Waals surface area contributed by atoms with Crippen molar-refractivity contribution in [3.63, 3.8) is 0 Å². The molecule has 1 aliphatic rings. The van der Waals surface area contributed by atoms with Crippen molar-refractivity contribution in [1.82, 2.24) is 9.97 Å². The Kier molecular flexibility index (Phi) is 4.37. The van der Waals surface area contributed by atoms with Gasteiger partial charge in [-0.25, -0.2) is 9.97 Å². The Morgan fingerprint density at radius 3 is 3.00 bits per heavy atom. The zero-order valence-corrected chi connectivity index (χ0v) is 11.4. The number of aromatic nitrogens is 2. The largest absolute Gasteiger partial charge is 0.391 e. The molecule has 1 aromatic heterocycles. The lowest BCUT2D eigenvalue weighted by atomic mass is 9.95. The van der Waals surface area contributed by atoms with Crippen LogP contribution < -0.4 is 4.90 Å². The third-order valence-corrected chi connectivity index (χ3v) is 3.85. The SMILES string of the molecule is COC1CN(c2ncnc(Cl)c2CO)CCC1C. The van der Waals surface area contributed by atoms with Gasteiger partial charge in [-0.05, 0) is 12.3 Å². The molecule has 2 atom stereocenters. The number of nitrogens with zero attached hydrogens (tertiary/aromatic N) is 3. The van der Waals surface area contributed by atoms with Gasteiger partial charge in [0.15, 0.2) is 0 Å². The molecule has 2 rings (SSSR count). The zero-order valence-electron chi connectivity index (χ0n) is 10.6. The Labute approximate surface area is 112 Å². The van der Waals surface area contributed by atoms with E-state index < -0.39 is 0 Å². The van der Waals surface area contributed by atoms with Crippen molar-refractivity contribution >= 4 is 17.4 Å². The van der Waals surface area contributed by atoms with E-state index in [0.717, 1.165) is 19.5 Å². The molecular formula is C12H18ClN3O2. The molecule has 0 amide bonds. The van der Waals surface area contributed by atoms with Gasteiger partial charge >= 0.3 is 0 Å². The molecule has 0 aromatic carbocycles. The number of halogens is 1. The Balaban J connectivity index is 2.24. The van der Waals surface area contributed by atoms with Crippen LogP contribution in [0.25, 0.3) is 0 Å². The first-order valence-corrected chi connectivity index (χ1v) is 6.43. The van der Waals surface area contributed by atoms with Gasteiger partial charge in [-0.15, -0.1) is 0 Å². The summed E-state index contributed by atoms with van der Waals surface area (Å²) in [5.41, 5.74) is 0.587. The molecule has 5 nitrogen and oxygen atoms in total. The summed E-state index contributed by atoms with van der Waals surface area (Å²) >= 11 is 5.98. The van der Waals surface area contributed by atoms with Crippen LogP contribution in [0, 0.1) is 5.92 Å². The summed E-state index contributed by atoms with van der Waals surface area (Å²) in [4.78, 5) is 10.2. The average molecular weight is 272 g/mol. The van der Waals surface area contributed by atoms with Crippen molar-refractivity contribution in [3.8, 4) is 0 Å². The molecule has 0 bridgehead atoms. The minimum atomic E-state index is -0.154. The topological polar surface area (TPSA) is 58.5 Å². The van der Waals surface area contributed by atoms with Crippen LogP contribution in [-0.4, -0.2) is 41.4 Å². The molecule has 1 aromatic rings. The summed E-state index contributed by atoms with van der Waals surface area (Å²) in [6.07, 6.45) is 2.64. The Morgan fingerprint density at radius 1 is 1.56 bits per heavy atom. The number of aliphatic hydroxyl groups excluding tert-OH is 1. The summed E-state index contributed by atoms with van der Waals surface area (Å²) in [6.45, 7) is 3.68. The number of anilines is 1. The van der Waals surface area contributed by atoms with Crippen molar-refractivity contribution in [3.05, 3.63) is 17.0 Å². The van der Waals surface area contributed by atoms with Gasteiger partial charge < -0.3 is 14.7 Å². The smallest absolute Gasteiger partial charge is 0.140 e. The number of hydrogen-bond donors (Lipinski definition) is 1. The quantitative estimate of drug-likeness (QED) is 0.844. The second kappa shape index (κ2) is 5.82. The van der Waals surface area contributed by atoms with Crippen LogP contribution in [0.5, 0.6) is 0 Å². The lowest BCUT2D eigenvalue weighted by molar-refractivity contribution is 0.0495. The fourth-order valence-electron chi connectivity index (χ4n) is 2.32. The minimum Gasteiger partial charge on any atom is -0.391 e. The van der Waals surface area contributed by atoms with E-state index in [2.05, 4.69) is 21.8 Å². The second-order valence-corrected chi connectivity index (χ2v) is 4.97. The summed E-state index contributed by atoms with van der Waals surface area (Å²) < 4.78 is 5.48. The van der Waals surface area contributed by atoms with Gasteiger partial charge in [0, 0.05) is 20.2 Å². The highest BCUT2D eigenvalue weighted by molar-refractivity contribution is 6.30. The van der Waals surface area contributed by atoms with Crippen molar-refractivity contribution in [2.24, 2.45) is 5.92 Å². The van der Waals surface area contributed by atoms with Gasteiger partial charge in [0.05, 0.1) is 18.3 Å². The molecular weight excluding hydrogens is 254 g/mol. The van der Waals surface area contributed by atoms with Crippen LogP contribution in [0.15, 0.2) is 6.33 Å². The van der Waals surface area contributed by atoms with Gasteiger partial charge in [-0.2, -0.15) is 0 Å². The Bertz CT molecular complexity index is 416. The lowest BCUT2D eigenvalue weighted by Crippen LogP contribution is -2.44. The molecule has 100 valence electrons. The van der Waals surface area contributed by atoms with Gasteiger partial charge in [0.2, 0.25) is 0 Å². The molecule has 0 radical (unpaired) electrons. The molecule has 1 aliphatic heterocycles. The third kappa shape index (κ3) is 2.58. The summed E-state index contributed by atoms with van der Waals surface area (Å²) in [5, 5.41) is 9.70. The van der Waals surface area contributed by atoms with E-state index in [-0.39, 0.29) is 12.7 Å². The molecule has 0 saturated carbocycles. The number of aliphatic hydroxyl groups is 1. The van der Waals surface area contributed by atoms with Crippen LogP contribution in [-0.2, 0) is 11.3 Å². The first-order chi connectivity index (χ1) is 8.67. The van der Waals surface area contributed by atoms with Crippen molar-refractivity contribution in [2.45, 2.75) is 26.1 Å². The van der Waals surface area contributed by atoms with E-state index in [9.17, 15) is 5.11 Å². The van der Waals surface area contributed by atoms with E-state index >= 15 is 0 Å². The van der Waals surface area contributed by atoms with E-state index in [4.69, 9.17) is 16.3 Å². The highest BCUT2D eigenvalue weighted by Gasteiger charge is 2.28. The summed E-state index contributed by atoms with van der Waals surface area (Å²) in [6, 6.07) is 0. The molecule has 0 aliphatic carbocycles. The Morgan fingerprint density at radius 2 is 2.33 bits per heavy atom. The number of rotatable bonds is 3. The monoisotopic (exact) mass is 271 g/mol. The number of hydrogen-bond acceptors (Lipinski definition) is 5. The molecule has 0 spiro atoms. The highest BCUT2D eigenvalue weighted by Crippen LogP contribution is 2.28. The summed E-state index contributed by atoms with van der Waals surface area (Å²) in [5.74, 6) is 1.24. The summed E-state index contributed by atoms with van der Waals surface area (Å²) in [7, 11) is 1.73. The number of piperidine rings is 1. The van der Waals surface area contributed by atoms with Crippen LogP contribution in [0.2, 0.25) is 5.15 Å². The van der Waals surface area contributed by atoms with Gasteiger partial charge in [-0.1, -0.05) is 18.5 Å². The lowest BCUT2D eigenvalue weighted by Gasteiger charge is -2.37. The highest BCUT2D eigenvalue weighted by atomic mass is 35.5. The molecule has 1 N–H and O–H groups in total. The second-order valence-electron chi connectivity index (χ2n) is 4.61. The number of methoxy groups -OCH3 is 1. The van der Waals surface area contributed by atoms with Crippen LogP contribution in [0.1, 0.15) is 18.9 Å². The van der Waals surface area contributed by atoms with Gasteiger partial charge in [0.1, 0.15) is 17.3 Å². The van der Waals surface area contributed by atoms with E-state index in [1.54, 1.807) is 7.11 Å². The number of ether oxygens (including phenoxy) is 1. The fraction of sp³-hybridized carbons (Fsp3) is 0.667. The molecule has 1 fully saturated rings.